The molecule has 1 aliphatic rings. The number of thioether (sulfide) groups is 1. The minimum atomic E-state index is -0.273. The van der Waals surface area contributed by atoms with E-state index in [0.29, 0.717) is 28.5 Å². The number of ether oxygens (including phenoxy) is 2. The number of hydrogen-bond acceptors (Lipinski definition) is 5. The van der Waals surface area contributed by atoms with Crippen molar-refractivity contribution in [1.82, 2.24) is 0 Å². The van der Waals surface area contributed by atoms with Gasteiger partial charge in [0, 0.05) is 23.0 Å². The van der Waals surface area contributed by atoms with E-state index in [9.17, 15) is 9.59 Å². The van der Waals surface area contributed by atoms with Crippen LogP contribution in [0.1, 0.15) is 26.9 Å². The van der Waals surface area contributed by atoms with Crippen molar-refractivity contribution in [2.75, 3.05) is 30.2 Å². The lowest BCUT2D eigenvalue weighted by Gasteiger charge is -2.25. The highest BCUT2D eigenvalue weighted by molar-refractivity contribution is 8.00. The second-order valence-corrected chi connectivity index (χ2v) is 8.52. The molecule has 0 spiro atoms. The van der Waals surface area contributed by atoms with Gasteiger partial charge in [0.1, 0.15) is 16.9 Å². The Labute approximate surface area is 191 Å². The van der Waals surface area contributed by atoms with Crippen molar-refractivity contribution in [2.45, 2.75) is 12.3 Å². The second-order valence-electron chi connectivity index (χ2n) is 7.45. The smallest absolute Gasteiger partial charge is 0.255 e. The molecule has 0 aromatic heterocycles. The number of carbonyl (C=O) groups excluding carboxylic acids is 2. The number of anilines is 2. The molecule has 32 heavy (non-hydrogen) atoms. The van der Waals surface area contributed by atoms with Crippen LogP contribution in [0.2, 0.25) is 0 Å². The zero-order valence-electron chi connectivity index (χ0n) is 18.1. The summed E-state index contributed by atoms with van der Waals surface area (Å²) in [7, 11) is 3.08. The third kappa shape index (κ3) is 4.57. The van der Waals surface area contributed by atoms with Crippen LogP contribution < -0.4 is 19.7 Å². The molecule has 0 unspecified atom stereocenters. The second kappa shape index (κ2) is 9.36. The molecule has 0 radical (unpaired) electrons. The summed E-state index contributed by atoms with van der Waals surface area (Å²) in [4.78, 5) is 27.3. The summed E-state index contributed by atoms with van der Waals surface area (Å²) in [6, 6.07) is 20.6. The molecule has 1 heterocycles. The average molecular weight is 449 g/mol. The topological polar surface area (TPSA) is 67.9 Å². The first-order valence-electron chi connectivity index (χ1n) is 10.1. The fraction of sp³-hybridized carbons (Fsp3) is 0.200. The maximum absolute atomic E-state index is 12.9. The minimum absolute atomic E-state index is 0.0727. The third-order valence-electron chi connectivity index (χ3n) is 5.19. The van der Waals surface area contributed by atoms with Gasteiger partial charge in [0.2, 0.25) is 5.91 Å². The van der Waals surface area contributed by atoms with Gasteiger partial charge in [-0.1, -0.05) is 24.3 Å². The highest BCUT2D eigenvalue weighted by Crippen LogP contribution is 2.42. The molecular weight excluding hydrogens is 424 g/mol. The monoisotopic (exact) mass is 448 g/mol. The van der Waals surface area contributed by atoms with Crippen molar-refractivity contribution < 1.29 is 19.1 Å². The van der Waals surface area contributed by atoms with Crippen LogP contribution >= 0.6 is 11.8 Å². The Balaban J connectivity index is 1.58. The van der Waals surface area contributed by atoms with E-state index in [-0.39, 0.29) is 17.2 Å². The zero-order valence-corrected chi connectivity index (χ0v) is 18.9. The van der Waals surface area contributed by atoms with Crippen LogP contribution in [0.3, 0.4) is 0 Å². The van der Waals surface area contributed by atoms with Crippen molar-refractivity contribution in [1.29, 1.82) is 0 Å². The summed E-state index contributed by atoms with van der Waals surface area (Å²) in [5.41, 5.74) is 4.00. The number of nitrogens with zero attached hydrogens (tertiary/aromatic N) is 1. The standard InChI is InChI=1S/C25H24N2O4S/c1-16-6-4-9-20(10-16)27-23(28)15-32-25(27)17-7-5-8-19(11-17)26-24(29)18-12-21(30-2)14-22(13-18)31-3/h4-14,25H,15H2,1-3H3,(H,26,29)/t25-/m1/s1. The van der Waals surface area contributed by atoms with Crippen molar-refractivity contribution >= 4 is 35.0 Å². The predicted octanol–water partition coefficient (Wildman–Crippen LogP) is 5.04. The number of methoxy groups -OCH3 is 2. The first-order valence-corrected chi connectivity index (χ1v) is 11.2. The molecule has 4 rings (SSSR count). The van der Waals surface area contributed by atoms with E-state index in [2.05, 4.69) is 5.32 Å². The molecule has 0 aliphatic carbocycles. The molecule has 1 atom stereocenters. The van der Waals surface area contributed by atoms with Crippen molar-refractivity contribution in [3.8, 4) is 11.5 Å². The number of amides is 2. The fourth-order valence-corrected chi connectivity index (χ4v) is 4.81. The molecule has 3 aromatic carbocycles. The van der Waals surface area contributed by atoms with Gasteiger partial charge in [0.25, 0.3) is 5.91 Å². The van der Waals surface area contributed by atoms with Crippen LogP contribution in [0.15, 0.2) is 66.7 Å². The SMILES string of the molecule is COc1cc(OC)cc(C(=O)Nc2cccc([C@H]3SCC(=O)N3c3cccc(C)c3)c2)c1. The third-order valence-corrected chi connectivity index (χ3v) is 6.40. The number of hydrogen-bond donors (Lipinski definition) is 1. The Kier molecular flexibility index (Phi) is 6.37. The number of carbonyl (C=O) groups is 2. The Bertz CT molecular complexity index is 1140. The van der Waals surface area contributed by atoms with Gasteiger partial charge in [-0.3, -0.25) is 14.5 Å². The average Bonchev–Trinajstić information content (AvgIpc) is 3.20. The Morgan fingerprint density at radius 2 is 1.72 bits per heavy atom. The molecule has 2 amide bonds. The number of rotatable bonds is 6. The van der Waals surface area contributed by atoms with Gasteiger partial charge in [-0.2, -0.15) is 0 Å². The Hall–Kier alpha value is -3.45. The molecule has 6 nitrogen and oxygen atoms in total. The fourth-order valence-electron chi connectivity index (χ4n) is 3.64. The van der Waals surface area contributed by atoms with Gasteiger partial charge in [-0.15, -0.1) is 11.8 Å². The molecule has 7 heteroatoms. The summed E-state index contributed by atoms with van der Waals surface area (Å²) in [5.74, 6) is 1.29. The van der Waals surface area contributed by atoms with Crippen LogP contribution in [-0.4, -0.2) is 31.8 Å². The first kappa shape index (κ1) is 21.8. The lowest BCUT2D eigenvalue weighted by molar-refractivity contribution is -0.115. The van der Waals surface area contributed by atoms with E-state index in [1.165, 1.54) is 0 Å². The van der Waals surface area contributed by atoms with E-state index >= 15 is 0 Å². The van der Waals surface area contributed by atoms with E-state index in [0.717, 1.165) is 16.8 Å². The molecule has 1 N–H and O–H groups in total. The van der Waals surface area contributed by atoms with Gasteiger partial charge >= 0.3 is 0 Å². The molecular formula is C25H24N2O4S. The van der Waals surface area contributed by atoms with Crippen LogP contribution in [0.5, 0.6) is 11.5 Å². The van der Waals surface area contributed by atoms with Gasteiger partial charge in [-0.05, 0) is 54.4 Å². The van der Waals surface area contributed by atoms with Crippen molar-refractivity contribution in [3.05, 3.63) is 83.4 Å². The zero-order chi connectivity index (χ0) is 22.7. The van der Waals surface area contributed by atoms with Gasteiger partial charge < -0.3 is 14.8 Å². The van der Waals surface area contributed by atoms with Gasteiger partial charge in [0.15, 0.2) is 0 Å². The number of benzene rings is 3. The summed E-state index contributed by atoms with van der Waals surface area (Å²) >= 11 is 1.58. The molecule has 3 aromatic rings. The minimum Gasteiger partial charge on any atom is -0.497 e. The lowest BCUT2D eigenvalue weighted by Crippen LogP contribution is -2.27. The van der Waals surface area contributed by atoms with Crippen LogP contribution in [-0.2, 0) is 4.79 Å². The lowest BCUT2D eigenvalue weighted by atomic mass is 10.1. The maximum Gasteiger partial charge on any atom is 0.255 e. The van der Waals surface area contributed by atoms with Crippen LogP contribution in [0, 0.1) is 6.92 Å². The number of nitrogens with one attached hydrogen (secondary N) is 1. The molecule has 164 valence electrons. The molecule has 0 saturated carbocycles. The summed E-state index contributed by atoms with van der Waals surface area (Å²) in [6.45, 7) is 2.01. The highest BCUT2D eigenvalue weighted by Gasteiger charge is 2.34. The summed E-state index contributed by atoms with van der Waals surface area (Å²) < 4.78 is 10.5. The van der Waals surface area contributed by atoms with E-state index in [1.807, 2.05) is 60.4 Å². The van der Waals surface area contributed by atoms with Crippen LogP contribution in [0.4, 0.5) is 11.4 Å². The highest BCUT2D eigenvalue weighted by atomic mass is 32.2. The van der Waals surface area contributed by atoms with E-state index < -0.39 is 0 Å². The van der Waals surface area contributed by atoms with Crippen molar-refractivity contribution in [2.24, 2.45) is 0 Å². The Morgan fingerprint density at radius 3 is 2.41 bits per heavy atom. The van der Waals surface area contributed by atoms with Gasteiger partial charge in [0.05, 0.1) is 20.0 Å². The normalized spacial score (nSPS) is 15.5. The summed E-state index contributed by atoms with van der Waals surface area (Å²) in [5, 5.41) is 2.78. The molecule has 1 fully saturated rings. The largest absolute Gasteiger partial charge is 0.497 e. The molecule has 0 bridgehead atoms. The van der Waals surface area contributed by atoms with E-state index in [4.69, 9.17) is 9.47 Å². The maximum atomic E-state index is 12.9. The van der Waals surface area contributed by atoms with E-state index in [1.54, 1.807) is 44.2 Å². The molecule has 1 saturated heterocycles. The van der Waals surface area contributed by atoms with Crippen LogP contribution in [0.25, 0.3) is 0 Å². The quantitative estimate of drug-likeness (QED) is 0.572. The molecule has 1 aliphatic heterocycles. The van der Waals surface area contributed by atoms with Gasteiger partial charge in [-0.25, -0.2) is 0 Å². The predicted molar refractivity (Wildman–Crippen MR) is 128 cm³/mol. The summed E-state index contributed by atoms with van der Waals surface area (Å²) in [6.07, 6.45) is 0. The van der Waals surface area contributed by atoms with Crippen molar-refractivity contribution in [3.63, 3.8) is 0 Å². The number of aryl methyl sites for hydroxylation is 1. The first-order chi connectivity index (χ1) is 15.5. The Morgan fingerprint density at radius 1 is 1.00 bits per heavy atom.